The monoisotopic (exact) mass is 449 g/mol. The minimum atomic E-state index is -0.293. The van der Waals surface area contributed by atoms with Crippen LogP contribution in [-0.4, -0.2) is 41.0 Å². The van der Waals surface area contributed by atoms with E-state index in [0.717, 1.165) is 50.4 Å². The van der Waals surface area contributed by atoms with Gasteiger partial charge in [0, 0.05) is 30.8 Å². The molecule has 0 bridgehead atoms. The summed E-state index contributed by atoms with van der Waals surface area (Å²) in [6, 6.07) is 15.3. The summed E-state index contributed by atoms with van der Waals surface area (Å²) in [5, 5.41) is 0. The Morgan fingerprint density at radius 3 is 2.06 bits per heavy atom. The number of halogens is 2. The number of hydrogen-bond donors (Lipinski definition) is 1. The molecule has 0 saturated carbocycles. The molecule has 5 nitrogen and oxygen atoms in total. The first-order valence-electron chi connectivity index (χ1n) is 11.7. The summed E-state index contributed by atoms with van der Waals surface area (Å²) in [7, 11) is 0. The molecule has 33 heavy (non-hydrogen) atoms. The summed E-state index contributed by atoms with van der Waals surface area (Å²) in [5.41, 5.74) is 8.04. The van der Waals surface area contributed by atoms with Gasteiger partial charge in [0.25, 0.3) is 0 Å². The fourth-order valence-electron chi connectivity index (χ4n) is 5.25. The summed E-state index contributed by atoms with van der Waals surface area (Å²) in [6.07, 6.45) is 4.49. The van der Waals surface area contributed by atoms with Gasteiger partial charge in [0.2, 0.25) is 0 Å². The zero-order valence-electron chi connectivity index (χ0n) is 18.6. The molecule has 0 amide bonds. The summed E-state index contributed by atoms with van der Waals surface area (Å²) < 4.78 is 26.9. The van der Waals surface area contributed by atoms with Crippen molar-refractivity contribution in [3.8, 4) is 11.4 Å². The summed E-state index contributed by atoms with van der Waals surface area (Å²) in [6.45, 7) is 3.95. The molecule has 0 spiro atoms. The Morgan fingerprint density at radius 2 is 1.42 bits per heavy atom. The lowest BCUT2D eigenvalue weighted by Gasteiger charge is -2.40. The van der Waals surface area contributed by atoms with Crippen LogP contribution in [0.3, 0.4) is 0 Å². The van der Waals surface area contributed by atoms with Gasteiger partial charge < -0.3 is 10.6 Å². The molecular formula is C26H29F2N5. The normalized spacial score (nSPS) is 18.5. The minimum absolute atomic E-state index is 0.188. The third-order valence-corrected chi connectivity index (χ3v) is 6.89. The first-order valence-corrected chi connectivity index (χ1v) is 11.7. The molecule has 172 valence electrons. The molecule has 2 aromatic carbocycles. The van der Waals surface area contributed by atoms with Gasteiger partial charge in [0.05, 0.1) is 0 Å². The minimum Gasteiger partial charge on any atom is -0.384 e. The molecule has 0 radical (unpaired) electrons. The number of likely N-dealkylation sites (tertiary alicyclic amines) is 1. The third-order valence-electron chi connectivity index (χ3n) is 6.89. The van der Waals surface area contributed by atoms with Crippen molar-refractivity contribution in [1.29, 1.82) is 0 Å². The lowest BCUT2D eigenvalue weighted by Crippen LogP contribution is -2.40. The van der Waals surface area contributed by atoms with Crippen LogP contribution in [-0.2, 0) is 0 Å². The Balaban J connectivity index is 1.33. The second-order valence-electron chi connectivity index (χ2n) is 9.05. The van der Waals surface area contributed by atoms with Crippen molar-refractivity contribution in [1.82, 2.24) is 14.9 Å². The van der Waals surface area contributed by atoms with Crippen LogP contribution in [0.15, 0.2) is 54.6 Å². The highest BCUT2D eigenvalue weighted by Gasteiger charge is 2.33. The van der Waals surface area contributed by atoms with E-state index in [1.807, 2.05) is 18.2 Å². The lowest BCUT2D eigenvalue weighted by atomic mass is 9.84. The highest BCUT2D eigenvalue weighted by Crippen LogP contribution is 2.38. The fourth-order valence-corrected chi connectivity index (χ4v) is 5.25. The molecule has 3 aromatic rings. The lowest BCUT2D eigenvalue weighted by molar-refractivity contribution is 0.153. The molecule has 7 heteroatoms. The molecule has 1 aromatic heterocycles. The van der Waals surface area contributed by atoms with E-state index in [1.54, 1.807) is 24.3 Å². The average molecular weight is 450 g/mol. The quantitative estimate of drug-likeness (QED) is 0.590. The Hall–Kier alpha value is -3.06. The molecule has 5 rings (SSSR count). The van der Waals surface area contributed by atoms with Crippen molar-refractivity contribution >= 4 is 11.6 Å². The van der Waals surface area contributed by atoms with Crippen LogP contribution in [0.1, 0.15) is 37.3 Å². The van der Waals surface area contributed by atoms with Crippen LogP contribution in [0.25, 0.3) is 11.4 Å². The van der Waals surface area contributed by atoms with Crippen molar-refractivity contribution in [3.05, 3.63) is 71.8 Å². The van der Waals surface area contributed by atoms with Gasteiger partial charge in [0.15, 0.2) is 5.82 Å². The number of rotatable bonds is 5. The van der Waals surface area contributed by atoms with Crippen LogP contribution in [0.2, 0.25) is 0 Å². The van der Waals surface area contributed by atoms with Gasteiger partial charge in [-0.3, -0.25) is 4.90 Å². The van der Waals surface area contributed by atoms with Crippen LogP contribution in [0.4, 0.5) is 20.4 Å². The predicted octanol–water partition coefficient (Wildman–Crippen LogP) is 5.06. The van der Waals surface area contributed by atoms with Gasteiger partial charge in [-0.05, 0) is 86.7 Å². The number of nitrogens with zero attached hydrogens (tertiary/aromatic N) is 4. The molecule has 2 fully saturated rings. The first-order chi connectivity index (χ1) is 16.1. The van der Waals surface area contributed by atoms with Crippen LogP contribution >= 0.6 is 0 Å². The maximum Gasteiger partial charge on any atom is 0.163 e. The third kappa shape index (κ3) is 4.83. The molecule has 2 saturated heterocycles. The Labute approximate surface area is 193 Å². The van der Waals surface area contributed by atoms with Gasteiger partial charge in [-0.25, -0.2) is 18.7 Å². The second-order valence-corrected chi connectivity index (χ2v) is 9.05. The van der Waals surface area contributed by atoms with Crippen molar-refractivity contribution < 1.29 is 8.78 Å². The van der Waals surface area contributed by atoms with Crippen LogP contribution in [0, 0.1) is 17.6 Å². The number of nitrogens with two attached hydrogens (primary N) is 1. The van der Waals surface area contributed by atoms with Gasteiger partial charge in [0.1, 0.15) is 23.3 Å². The predicted molar refractivity (Wildman–Crippen MR) is 127 cm³/mol. The Bertz CT molecular complexity index is 1070. The van der Waals surface area contributed by atoms with Gasteiger partial charge in [-0.1, -0.05) is 12.1 Å². The number of anilines is 2. The van der Waals surface area contributed by atoms with Crippen molar-refractivity contribution in [3.63, 3.8) is 0 Å². The van der Waals surface area contributed by atoms with E-state index in [2.05, 4.69) is 14.8 Å². The van der Waals surface area contributed by atoms with E-state index in [9.17, 15) is 8.78 Å². The average Bonchev–Trinajstić information content (AvgIpc) is 3.35. The molecule has 0 aliphatic carbocycles. The van der Waals surface area contributed by atoms with Gasteiger partial charge in [-0.15, -0.1) is 0 Å². The van der Waals surface area contributed by atoms with E-state index >= 15 is 0 Å². The maximum atomic E-state index is 13.6. The molecule has 1 unspecified atom stereocenters. The van der Waals surface area contributed by atoms with Gasteiger partial charge >= 0.3 is 0 Å². The SMILES string of the molecule is Nc1cc(N2CCC(C(c3ccc(F)cc3)N3CCCC3)CC2)nc(-c2ccc(F)cc2)n1. The van der Waals surface area contributed by atoms with Crippen LogP contribution in [0.5, 0.6) is 0 Å². The number of piperidine rings is 1. The van der Waals surface area contributed by atoms with E-state index in [0.29, 0.717) is 23.6 Å². The first kappa shape index (κ1) is 21.8. The smallest absolute Gasteiger partial charge is 0.163 e. The van der Waals surface area contributed by atoms with E-state index < -0.39 is 0 Å². The Morgan fingerprint density at radius 1 is 0.818 bits per heavy atom. The van der Waals surface area contributed by atoms with E-state index in [-0.39, 0.29) is 11.6 Å². The van der Waals surface area contributed by atoms with Crippen LogP contribution < -0.4 is 10.6 Å². The van der Waals surface area contributed by atoms with Crippen molar-refractivity contribution in [2.75, 3.05) is 36.8 Å². The molecule has 2 aliphatic heterocycles. The summed E-state index contributed by atoms with van der Waals surface area (Å²) in [5.74, 6) is 1.74. The number of aromatic nitrogens is 2. The second kappa shape index (κ2) is 9.43. The molecule has 3 heterocycles. The summed E-state index contributed by atoms with van der Waals surface area (Å²) in [4.78, 5) is 13.9. The van der Waals surface area contributed by atoms with E-state index in [1.165, 1.54) is 30.5 Å². The standard InChI is InChI=1S/C26H29F2N5/c27-21-7-3-18(4-8-21)25(33-13-1-2-14-33)19-11-15-32(16-12-19)24-17-23(29)30-26(31-24)20-5-9-22(28)10-6-20/h3-10,17,19,25H,1-2,11-16H2,(H2,29,30,31). The summed E-state index contributed by atoms with van der Waals surface area (Å²) >= 11 is 0. The zero-order valence-corrected chi connectivity index (χ0v) is 18.6. The van der Waals surface area contributed by atoms with Crippen molar-refractivity contribution in [2.45, 2.75) is 31.7 Å². The fraction of sp³-hybridized carbons (Fsp3) is 0.385. The Kier molecular flexibility index (Phi) is 6.22. The largest absolute Gasteiger partial charge is 0.384 e. The molecule has 2 aliphatic rings. The van der Waals surface area contributed by atoms with Crippen molar-refractivity contribution in [2.24, 2.45) is 5.92 Å². The number of benzene rings is 2. The highest BCUT2D eigenvalue weighted by atomic mass is 19.1. The molecular weight excluding hydrogens is 420 g/mol. The number of hydrogen-bond acceptors (Lipinski definition) is 5. The molecule has 1 atom stereocenters. The maximum absolute atomic E-state index is 13.6. The van der Waals surface area contributed by atoms with E-state index in [4.69, 9.17) is 10.7 Å². The topological polar surface area (TPSA) is 58.3 Å². The highest BCUT2D eigenvalue weighted by molar-refractivity contribution is 5.61. The van der Waals surface area contributed by atoms with Gasteiger partial charge in [-0.2, -0.15) is 0 Å². The number of nitrogen functional groups attached to an aromatic ring is 1. The zero-order chi connectivity index (χ0) is 22.8. The molecule has 2 N–H and O–H groups in total.